The van der Waals surface area contributed by atoms with Gasteiger partial charge in [0.15, 0.2) is 0 Å². The summed E-state index contributed by atoms with van der Waals surface area (Å²) in [5.74, 6) is 0.214. The number of aryl methyl sites for hydroxylation is 1. The average Bonchev–Trinajstić information content (AvgIpc) is 2.68. The van der Waals surface area contributed by atoms with Gasteiger partial charge in [0.2, 0.25) is 0 Å². The molecule has 27 heavy (non-hydrogen) atoms. The molecule has 132 valence electrons. The third-order valence-electron chi connectivity index (χ3n) is 4.09. The zero-order chi connectivity index (χ0) is 18.8. The number of amides is 1. The Labute approximate surface area is 161 Å². The highest BCUT2D eigenvalue weighted by Crippen LogP contribution is 2.28. The highest BCUT2D eigenvalue weighted by Gasteiger charge is 2.16. The molecular weight excluding hydrogens is 360 g/mol. The van der Waals surface area contributed by atoms with E-state index >= 15 is 0 Å². The number of carbonyl (C=O) groups excluding carboxylic acids is 1. The quantitative estimate of drug-likeness (QED) is 0.553. The number of para-hydroxylation sites is 1. The number of benzene rings is 1. The third-order valence-corrected chi connectivity index (χ3v) is 4.40. The normalized spacial score (nSPS) is 10.7. The predicted molar refractivity (Wildman–Crippen MR) is 107 cm³/mol. The van der Waals surface area contributed by atoms with E-state index in [2.05, 4.69) is 20.3 Å². The molecule has 4 rings (SSSR count). The molecule has 5 nitrogen and oxygen atoms in total. The molecule has 0 radical (unpaired) electrons. The maximum Gasteiger partial charge on any atom is 0.257 e. The molecule has 4 aromatic rings. The van der Waals surface area contributed by atoms with E-state index in [1.165, 1.54) is 0 Å². The molecule has 0 bridgehead atoms. The molecule has 0 aliphatic carbocycles. The Kier molecular flexibility index (Phi) is 4.52. The second-order valence-corrected chi connectivity index (χ2v) is 6.43. The summed E-state index contributed by atoms with van der Waals surface area (Å²) >= 11 is 6.35. The fourth-order valence-electron chi connectivity index (χ4n) is 2.84. The maximum atomic E-state index is 13.0. The van der Waals surface area contributed by atoms with E-state index in [0.29, 0.717) is 38.7 Å². The smallest absolute Gasteiger partial charge is 0.257 e. The van der Waals surface area contributed by atoms with Crippen molar-refractivity contribution in [1.82, 2.24) is 15.0 Å². The Morgan fingerprint density at radius 1 is 0.963 bits per heavy atom. The van der Waals surface area contributed by atoms with Gasteiger partial charge >= 0.3 is 0 Å². The van der Waals surface area contributed by atoms with Crippen molar-refractivity contribution in [1.29, 1.82) is 0 Å². The van der Waals surface area contributed by atoms with E-state index in [-0.39, 0.29) is 5.91 Å². The van der Waals surface area contributed by atoms with Crippen LogP contribution in [0.4, 0.5) is 5.82 Å². The highest BCUT2D eigenvalue weighted by atomic mass is 35.5. The fourth-order valence-corrected chi connectivity index (χ4v) is 3.06. The van der Waals surface area contributed by atoms with Gasteiger partial charge in [0.1, 0.15) is 5.82 Å². The first-order valence-corrected chi connectivity index (χ1v) is 8.75. The van der Waals surface area contributed by atoms with E-state index in [4.69, 9.17) is 11.6 Å². The van der Waals surface area contributed by atoms with Crippen LogP contribution in [0.2, 0.25) is 5.02 Å². The van der Waals surface area contributed by atoms with Crippen LogP contribution in [0.5, 0.6) is 0 Å². The molecule has 3 aromatic heterocycles. The minimum absolute atomic E-state index is 0.278. The molecule has 0 fully saturated rings. The first kappa shape index (κ1) is 17.1. The summed E-state index contributed by atoms with van der Waals surface area (Å²) in [5, 5.41) is 4.00. The second-order valence-electron chi connectivity index (χ2n) is 6.02. The molecule has 6 heteroatoms. The summed E-state index contributed by atoms with van der Waals surface area (Å²) in [6, 6.07) is 18.1. The van der Waals surface area contributed by atoms with E-state index in [9.17, 15) is 4.79 Å². The third kappa shape index (κ3) is 3.50. The summed E-state index contributed by atoms with van der Waals surface area (Å²) in [4.78, 5) is 26.3. The Morgan fingerprint density at radius 3 is 2.59 bits per heavy atom. The molecule has 1 N–H and O–H groups in total. The number of hydrogen-bond donors (Lipinski definition) is 1. The molecule has 0 saturated heterocycles. The number of anilines is 1. The first-order valence-electron chi connectivity index (χ1n) is 8.37. The first-order chi connectivity index (χ1) is 13.1. The Balaban J connectivity index is 1.85. The number of nitrogens with one attached hydrogen (secondary N) is 1. The standard InChI is InChI=1S/C21H15ClN4O/c1-13-6-4-10-19(24-13)26-21(27)15-12-18(17-9-2-3-11-23-17)25-20-14(15)7-5-8-16(20)22/h2-12H,1H3,(H,24,26,27). The van der Waals surface area contributed by atoms with Gasteiger partial charge in [-0.05, 0) is 43.3 Å². The van der Waals surface area contributed by atoms with Crippen molar-refractivity contribution in [2.75, 3.05) is 5.32 Å². The lowest BCUT2D eigenvalue weighted by Crippen LogP contribution is -2.14. The van der Waals surface area contributed by atoms with Crippen LogP contribution in [0.1, 0.15) is 16.1 Å². The minimum Gasteiger partial charge on any atom is -0.307 e. The van der Waals surface area contributed by atoms with E-state index < -0.39 is 0 Å². The number of pyridine rings is 3. The van der Waals surface area contributed by atoms with Gasteiger partial charge in [0.25, 0.3) is 5.91 Å². The van der Waals surface area contributed by atoms with Crippen molar-refractivity contribution in [2.24, 2.45) is 0 Å². The van der Waals surface area contributed by atoms with Crippen molar-refractivity contribution in [3.63, 3.8) is 0 Å². The van der Waals surface area contributed by atoms with Gasteiger partial charge in [-0.15, -0.1) is 0 Å². The van der Waals surface area contributed by atoms with Crippen molar-refractivity contribution in [3.8, 4) is 11.4 Å². The minimum atomic E-state index is -0.278. The summed E-state index contributed by atoms with van der Waals surface area (Å²) in [6.45, 7) is 1.87. The largest absolute Gasteiger partial charge is 0.307 e. The second kappa shape index (κ2) is 7.13. The van der Waals surface area contributed by atoms with Gasteiger partial charge in [-0.3, -0.25) is 9.78 Å². The number of carbonyl (C=O) groups is 1. The van der Waals surface area contributed by atoms with Crippen LogP contribution in [-0.2, 0) is 0 Å². The van der Waals surface area contributed by atoms with Crippen LogP contribution >= 0.6 is 11.6 Å². The molecule has 3 heterocycles. The van der Waals surface area contributed by atoms with Crippen molar-refractivity contribution in [3.05, 3.63) is 83.1 Å². The summed E-state index contributed by atoms with van der Waals surface area (Å²) < 4.78 is 0. The van der Waals surface area contributed by atoms with Gasteiger partial charge in [-0.25, -0.2) is 9.97 Å². The fraction of sp³-hybridized carbons (Fsp3) is 0.0476. The number of aromatic nitrogens is 3. The zero-order valence-electron chi connectivity index (χ0n) is 14.5. The number of hydrogen-bond acceptors (Lipinski definition) is 4. The van der Waals surface area contributed by atoms with Gasteiger partial charge < -0.3 is 5.32 Å². The molecule has 0 atom stereocenters. The Bertz CT molecular complexity index is 1150. The Hall–Kier alpha value is -3.31. The van der Waals surface area contributed by atoms with Gasteiger partial charge in [0.05, 0.1) is 27.5 Å². The number of rotatable bonds is 3. The van der Waals surface area contributed by atoms with Gasteiger partial charge in [-0.1, -0.05) is 35.9 Å². The molecule has 0 saturated carbocycles. The van der Waals surface area contributed by atoms with Gasteiger partial charge in [-0.2, -0.15) is 0 Å². The lowest BCUT2D eigenvalue weighted by atomic mass is 10.1. The van der Waals surface area contributed by atoms with E-state index in [0.717, 1.165) is 5.69 Å². The van der Waals surface area contributed by atoms with Crippen LogP contribution < -0.4 is 5.32 Å². The SMILES string of the molecule is Cc1cccc(NC(=O)c2cc(-c3ccccn3)nc3c(Cl)cccc23)n1. The maximum absolute atomic E-state index is 13.0. The molecule has 1 amide bonds. The van der Waals surface area contributed by atoms with Crippen LogP contribution in [0.3, 0.4) is 0 Å². The van der Waals surface area contributed by atoms with Crippen molar-refractivity contribution < 1.29 is 4.79 Å². The molecule has 0 aliphatic heterocycles. The number of nitrogens with zero attached hydrogens (tertiary/aromatic N) is 3. The van der Waals surface area contributed by atoms with Crippen molar-refractivity contribution in [2.45, 2.75) is 6.92 Å². The van der Waals surface area contributed by atoms with Crippen molar-refractivity contribution >= 4 is 34.2 Å². The molecule has 0 unspecified atom stereocenters. The summed E-state index contributed by atoms with van der Waals surface area (Å²) in [7, 11) is 0. The number of fused-ring (bicyclic) bond motifs is 1. The molecule has 1 aromatic carbocycles. The van der Waals surface area contributed by atoms with Crippen LogP contribution in [0, 0.1) is 6.92 Å². The van der Waals surface area contributed by atoms with Crippen LogP contribution in [0.25, 0.3) is 22.3 Å². The predicted octanol–water partition coefficient (Wildman–Crippen LogP) is 4.91. The molecule has 0 spiro atoms. The van der Waals surface area contributed by atoms with E-state index in [1.54, 1.807) is 30.5 Å². The highest BCUT2D eigenvalue weighted by molar-refractivity contribution is 6.35. The lowest BCUT2D eigenvalue weighted by Gasteiger charge is -2.11. The summed E-state index contributed by atoms with van der Waals surface area (Å²) in [6.07, 6.45) is 1.68. The monoisotopic (exact) mass is 374 g/mol. The Morgan fingerprint density at radius 2 is 1.81 bits per heavy atom. The molecule has 0 aliphatic rings. The lowest BCUT2D eigenvalue weighted by molar-refractivity contribution is 0.102. The number of halogens is 1. The molecular formula is C21H15ClN4O. The summed E-state index contributed by atoms with van der Waals surface area (Å²) in [5.41, 5.74) is 3.10. The van der Waals surface area contributed by atoms with Crippen LogP contribution in [0.15, 0.2) is 66.9 Å². The average molecular weight is 375 g/mol. The van der Waals surface area contributed by atoms with Gasteiger partial charge in [0, 0.05) is 17.3 Å². The topological polar surface area (TPSA) is 67.8 Å². The van der Waals surface area contributed by atoms with E-state index in [1.807, 2.05) is 43.3 Å². The van der Waals surface area contributed by atoms with Crippen LogP contribution in [-0.4, -0.2) is 20.9 Å². The zero-order valence-corrected chi connectivity index (χ0v) is 15.2.